The van der Waals surface area contributed by atoms with Crippen molar-refractivity contribution < 1.29 is 0 Å². The highest BCUT2D eigenvalue weighted by molar-refractivity contribution is 5.24. The first-order valence-corrected chi connectivity index (χ1v) is 4.81. The van der Waals surface area contributed by atoms with Crippen LogP contribution in [0.15, 0.2) is 11.6 Å². The van der Waals surface area contributed by atoms with Gasteiger partial charge in [-0.25, -0.2) is 0 Å². The number of hydrogen-bond acceptors (Lipinski definition) is 2. The predicted octanol–water partition coefficient (Wildman–Crippen LogP) is 0.951. The maximum atomic E-state index is 2.55. The van der Waals surface area contributed by atoms with E-state index in [0.717, 1.165) is 12.6 Å². The highest BCUT2D eigenvalue weighted by Crippen LogP contribution is 2.26. The second-order valence-corrected chi connectivity index (χ2v) is 4.26. The Hall–Kier alpha value is -0.340. The molecule has 0 aliphatic carbocycles. The highest BCUT2D eigenvalue weighted by atomic mass is 15.3. The Morgan fingerprint density at radius 2 is 2.25 bits per heavy atom. The number of fused-ring (bicyclic) bond motifs is 1. The third-order valence-corrected chi connectivity index (χ3v) is 3.12. The number of nitrogens with zero attached hydrogens (tertiary/aromatic N) is 2. The van der Waals surface area contributed by atoms with Gasteiger partial charge in [0.1, 0.15) is 0 Å². The molecule has 2 nitrogen and oxygen atoms in total. The molecule has 0 saturated carbocycles. The average Bonchev–Trinajstić information content (AvgIpc) is 2.53. The summed E-state index contributed by atoms with van der Waals surface area (Å²) in [5, 5.41) is 0. The zero-order valence-electron chi connectivity index (χ0n) is 8.25. The molecular formula is C10H18N2. The average molecular weight is 166 g/mol. The van der Waals surface area contributed by atoms with Crippen molar-refractivity contribution in [1.82, 2.24) is 9.80 Å². The molecule has 12 heavy (non-hydrogen) atoms. The third kappa shape index (κ3) is 1.19. The van der Waals surface area contributed by atoms with E-state index >= 15 is 0 Å². The number of rotatable bonds is 1. The van der Waals surface area contributed by atoms with Gasteiger partial charge in [-0.15, -0.1) is 0 Å². The third-order valence-electron chi connectivity index (χ3n) is 3.12. The second kappa shape index (κ2) is 2.86. The van der Waals surface area contributed by atoms with Gasteiger partial charge in [-0.1, -0.05) is 6.08 Å². The molecule has 0 spiro atoms. The lowest BCUT2D eigenvalue weighted by molar-refractivity contribution is 0.231. The molecule has 0 aromatic rings. The summed E-state index contributed by atoms with van der Waals surface area (Å²) in [5.74, 6) is 0. The minimum atomic E-state index is 0.699. The van der Waals surface area contributed by atoms with E-state index in [1.807, 2.05) is 0 Å². The summed E-state index contributed by atoms with van der Waals surface area (Å²) in [7, 11) is 2.22. The number of hydrogen-bond donors (Lipinski definition) is 0. The molecule has 1 atom stereocenters. The van der Waals surface area contributed by atoms with Gasteiger partial charge in [0.05, 0.1) is 0 Å². The van der Waals surface area contributed by atoms with Crippen LogP contribution in [0.2, 0.25) is 0 Å². The van der Waals surface area contributed by atoms with E-state index in [1.165, 1.54) is 13.1 Å². The fourth-order valence-corrected chi connectivity index (χ4v) is 2.15. The van der Waals surface area contributed by atoms with Gasteiger partial charge in [-0.2, -0.15) is 0 Å². The molecule has 1 fully saturated rings. The van der Waals surface area contributed by atoms with Crippen molar-refractivity contribution in [2.45, 2.75) is 25.9 Å². The molecule has 2 aliphatic rings. The summed E-state index contributed by atoms with van der Waals surface area (Å²) in [5.41, 5.74) is 1.64. The molecule has 2 aliphatic heterocycles. The van der Waals surface area contributed by atoms with Crippen molar-refractivity contribution in [3.63, 3.8) is 0 Å². The van der Waals surface area contributed by atoms with E-state index < -0.39 is 0 Å². The summed E-state index contributed by atoms with van der Waals surface area (Å²) in [6.45, 7) is 8.15. The molecule has 1 unspecified atom stereocenters. The van der Waals surface area contributed by atoms with Crippen molar-refractivity contribution in [3.05, 3.63) is 11.6 Å². The van der Waals surface area contributed by atoms with E-state index in [2.05, 4.69) is 36.8 Å². The fourth-order valence-electron chi connectivity index (χ4n) is 2.15. The van der Waals surface area contributed by atoms with E-state index in [-0.39, 0.29) is 0 Å². The van der Waals surface area contributed by atoms with Gasteiger partial charge < -0.3 is 0 Å². The lowest BCUT2D eigenvalue weighted by Crippen LogP contribution is -2.35. The van der Waals surface area contributed by atoms with Gasteiger partial charge in [0.2, 0.25) is 0 Å². The molecule has 0 radical (unpaired) electrons. The minimum absolute atomic E-state index is 0.699. The van der Waals surface area contributed by atoms with Crippen molar-refractivity contribution in [3.8, 4) is 0 Å². The van der Waals surface area contributed by atoms with Crippen LogP contribution < -0.4 is 0 Å². The molecule has 0 N–H and O–H groups in total. The Morgan fingerprint density at radius 1 is 1.50 bits per heavy atom. The van der Waals surface area contributed by atoms with Gasteiger partial charge in [-0.05, 0) is 26.5 Å². The van der Waals surface area contributed by atoms with Crippen LogP contribution in [-0.2, 0) is 0 Å². The van der Waals surface area contributed by atoms with Crippen molar-refractivity contribution in [1.29, 1.82) is 0 Å². The lowest BCUT2D eigenvalue weighted by Gasteiger charge is -2.22. The monoisotopic (exact) mass is 166 g/mol. The van der Waals surface area contributed by atoms with Crippen LogP contribution in [-0.4, -0.2) is 48.6 Å². The van der Waals surface area contributed by atoms with E-state index in [1.54, 1.807) is 5.57 Å². The lowest BCUT2D eigenvalue weighted by atomic mass is 10.2. The van der Waals surface area contributed by atoms with Gasteiger partial charge >= 0.3 is 0 Å². The maximum Gasteiger partial charge on any atom is 0.0448 e. The Kier molecular flexibility index (Phi) is 1.97. The summed E-state index contributed by atoms with van der Waals surface area (Å²) < 4.78 is 0. The first-order chi connectivity index (χ1) is 5.68. The summed E-state index contributed by atoms with van der Waals surface area (Å²) >= 11 is 0. The molecule has 2 heteroatoms. The van der Waals surface area contributed by atoms with Gasteiger partial charge in [-0.3, -0.25) is 9.80 Å². The zero-order valence-corrected chi connectivity index (χ0v) is 8.25. The van der Waals surface area contributed by atoms with Crippen LogP contribution in [0, 0.1) is 0 Å². The largest absolute Gasteiger partial charge is 0.295 e. The minimum Gasteiger partial charge on any atom is -0.295 e. The maximum absolute atomic E-state index is 2.55. The highest BCUT2D eigenvalue weighted by Gasteiger charge is 2.33. The molecule has 2 rings (SSSR count). The topological polar surface area (TPSA) is 6.48 Å². The quantitative estimate of drug-likeness (QED) is 0.535. The Bertz CT molecular complexity index is 208. The first-order valence-electron chi connectivity index (χ1n) is 4.81. The van der Waals surface area contributed by atoms with Crippen LogP contribution in [0.25, 0.3) is 0 Å². The SMILES string of the molecule is CC(C)N1CC2=CCN(C)C2C1. The van der Waals surface area contributed by atoms with Gasteiger partial charge in [0.25, 0.3) is 0 Å². The molecule has 0 aromatic heterocycles. The van der Waals surface area contributed by atoms with Crippen LogP contribution in [0.3, 0.4) is 0 Å². The molecule has 0 bridgehead atoms. The number of likely N-dealkylation sites (N-methyl/N-ethyl adjacent to an activating group) is 1. The van der Waals surface area contributed by atoms with E-state index in [0.29, 0.717) is 6.04 Å². The Balaban J connectivity index is 2.06. The summed E-state index contributed by atoms with van der Waals surface area (Å²) in [4.78, 5) is 4.99. The fraction of sp³-hybridized carbons (Fsp3) is 0.800. The smallest absolute Gasteiger partial charge is 0.0448 e. The Morgan fingerprint density at radius 3 is 2.83 bits per heavy atom. The molecule has 2 heterocycles. The summed E-state index contributed by atoms with van der Waals surface area (Å²) in [6.07, 6.45) is 2.40. The van der Waals surface area contributed by atoms with Crippen molar-refractivity contribution in [2.75, 3.05) is 26.7 Å². The predicted molar refractivity (Wildman–Crippen MR) is 51.2 cm³/mol. The van der Waals surface area contributed by atoms with Crippen LogP contribution >= 0.6 is 0 Å². The van der Waals surface area contributed by atoms with Gasteiger partial charge in [0.15, 0.2) is 0 Å². The zero-order chi connectivity index (χ0) is 8.72. The number of likely N-dealkylation sites (tertiary alicyclic amines) is 1. The van der Waals surface area contributed by atoms with E-state index in [4.69, 9.17) is 0 Å². The molecule has 68 valence electrons. The molecular weight excluding hydrogens is 148 g/mol. The first kappa shape index (κ1) is 8.27. The molecule has 0 amide bonds. The second-order valence-electron chi connectivity index (χ2n) is 4.26. The van der Waals surface area contributed by atoms with Gasteiger partial charge in [0, 0.05) is 31.7 Å². The standard InChI is InChI=1S/C10H18N2/c1-8(2)12-6-9-4-5-11(3)10(9)7-12/h4,8,10H,5-7H2,1-3H3. The summed E-state index contributed by atoms with van der Waals surface area (Å²) in [6, 6.07) is 1.43. The van der Waals surface area contributed by atoms with Crippen LogP contribution in [0.5, 0.6) is 0 Å². The molecule has 1 saturated heterocycles. The van der Waals surface area contributed by atoms with E-state index in [9.17, 15) is 0 Å². The van der Waals surface area contributed by atoms with Crippen molar-refractivity contribution in [2.24, 2.45) is 0 Å². The van der Waals surface area contributed by atoms with Crippen LogP contribution in [0.4, 0.5) is 0 Å². The van der Waals surface area contributed by atoms with Crippen molar-refractivity contribution >= 4 is 0 Å². The Labute approximate surface area is 74.8 Å². The molecule has 0 aromatic carbocycles. The van der Waals surface area contributed by atoms with Crippen LogP contribution in [0.1, 0.15) is 13.8 Å². The normalized spacial score (nSPS) is 31.3.